The second-order valence-corrected chi connectivity index (χ2v) is 4.03. The molecule has 1 atom stereocenters. The summed E-state index contributed by atoms with van der Waals surface area (Å²) in [7, 11) is 1.69. The number of para-hydroxylation sites is 1. The number of halogens is 4. The lowest BCUT2D eigenvalue weighted by molar-refractivity contribution is -0.210. The maximum Gasteiger partial charge on any atom is 0.417 e. The molecular weight excluding hydrogens is 271 g/mol. The van der Waals surface area contributed by atoms with Gasteiger partial charge in [-0.3, -0.25) is 0 Å². The van der Waals surface area contributed by atoms with E-state index in [2.05, 4.69) is 5.32 Å². The number of ether oxygens (including phenoxy) is 1. The summed E-state index contributed by atoms with van der Waals surface area (Å²) in [5, 5.41) is 11.9. The van der Waals surface area contributed by atoms with Crippen molar-refractivity contribution in [1.82, 2.24) is 5.32 Å². The van der Waals surface area contributed by atoms with Crippen LogP contribution in [0.5, 0.6) is 5.75 Å². The summed E-state index contributed by atoms with van der Waals surface area (Å²) in [6.07, 6.45) is -7.24. The second-order valence-electron chi connectivity index (χ2n) is 3.63. The maximum atomic E-state index is 12.1. The minimum atomic E-state index is -4.70. The van der Waals surface area contributed by atoms with Crippen molar-refractivity contribution in [2.45, 2.75) is 18.8 Å². The van der Waals surface area contributed by atoms with Crippen molar-refractivity contribution < 1.29 is 23.0 Å². The summed E-state index contributed by atoms with van der Waals surface area (Å²) in [5.74, 6) is 0.150. The largest absolute Gasteiger partial charge is 0.489 e. The Hall–Kier alpha value is -0.980. The standard InChI is InChI=1S/C11H13ClF3NO2/c1-16-5-7-3-2-4-8(12)10(7)18-6-9(17)11(13,14)15/h2-4,9,16-17H,5-6H2,1H3. The third kappa shape index (κ3) is 4.04. The minimum absolute atomic E-state index is 0.150. The molecule has 0 aliphatic carbocycles. The zero-order chi connectivity index (χ0) is 13.8. The SMILES string of the molecule is CNCc1cccc(Cl)c1OCC(O)C(F)(F)F. The van der Waals surface area contributed by atoms with Crippen LogP contribution in [-0.4, -0.2) is 31.0 Å². The Labute approximate surface area is 108 Å². The van der Waals surface area contributed by atoms with E-state index in [1.807, 2.05) is 0 Å². The zero-order valence-corrected chi connectivity index (χ0v) is 10.3. The van der Waals surface area contributed by atoms with Crippen molar-refractivity contribution in [3.05, 3.63) is 28.8 Å². The van der Waals surface area contributed by atoms with Gasteiger partial charge >= 0.3 is 6.18 Å². The molecule has 1 rings (SSSR count). The van der Waals surface area contributed by atoms with Crippen molar-refractivity contribution in [3.63, 3.8) is 0 Å². The van der Waals surface area contributed by atoms with E-state index in [4.69, 9.17) is 21.4 Å². The Morgan fingerprint density at radius 2 is 2.11 bits per heavy atom. The van der Waals surface area contributed by atoms with Crippen molar-refractivity contribution in [1.29, 1.82) is 0 Å². The zero-order valence-electron chi connectivity index (χ0n) is 9.59. The van der Waals surface area contributed by atoms with Gasteiger partial charge in [0.05, 0.1) is 5.02 Å². The van der Waals surface area contributed by atoms with Gasteiger partial charge in [-0.1, -0.05) is 23.7 Å². The fourth-order valence-corrected chi connectivity index (χ4v) is 1.55. The molecule has 18 heavy (non-hydrogen) atoms. The predicted octanol–water partition coefficient (Wildman–Crippen LogP) is 2.36. The minimum Gasteiger partial charge on any atom is -0.489 e. The normalized spacial score (nSPS) is 13.4. The van der Waals surface area contributed by atoms with Gasteiger partial charge in [0, 0.05) is 12.1 Å². The summed E-state index contributed by atoms with van der Waals surface area (Å²) in [6, 6.07) is 4.86. The molecule has 3 nitrogen and oxygen atoms in total. The van der Waals surface area contributed by atoms with Crippen LogP contribution in [0.15, 0.2) is 18.2 Å². The van der Waals surface area contributed by atoms with Crippen molar-refractivity contribution >= 4 is 11.6 Å². The Balaban J connectivity index is 2.77. The molecule has 0 heterocycles. The number of hydrogen-bond acceptors (Lipinski definition) is 3. The first-order valence-electron chi connectivity index (χ1n) is 5.15. The van der Waals surface area contributed by atoms with Gasteiger partial charge in [-0.2, -0.15) is 13.2 Å². The van der Waals surface area contributed by atoms with E-state index >= 15 is 0 Å². The van der Waals surface area contributed by atoms with Gasteiger partial charge in [-0.15, -0.1) is 0 Å². The molecule has 0 spiro atoms. The molecule has 2 N–H and O–H groups in total. The summed E-state index contributed by atoms with van der Waals surface area (Å²) >= 11 is 5.85. The summed E-state index contributed by atoms with van der Waals surface area (Å²) in [6.45, 7) is -0.484. The van der Waals surface area contributed by atoms with E-state index in [9.17, 15) is 13.2 Å². The number of nitrogens with one attached hydrogen (secondary N) is 1. The molecule has 0 amide bonds. The number of aliphatic hydroxyl groups is 1. The maximum absolute atomic E-state index is 12.1. The summed E-state index contributed by atoms with van der Waals surface area (Å²) in [5.41, 5.74) is 0.624. The highest BCUT2D eigenvalue weighted by Crippen LogP contribution is 2.30. The van der Waals surface area contributed by atoms with Gasteiger partial charge in [0.15, 0.2) is 6.10 Å². The molecule has 0 aliphatic rings. The third-order valence-electron chi connectivity index (χ3n) is 2.18. The first-order chi connectivity index (χ1) is 8.36. The van der Waals surface area contributed by atoms with Crippen molar-refractivity contribution in [2.24, 2.45) is 0 Å². The van der Waals surface area contributed by atoms with Crippen LogP contribution in [0.4, 0.5) is 13.2 Å². The van der Waals surface area contributed by atoms with Crippen LogP contribution in [0.2, 0.25) is 5.02 Å². The highest BCUT2D eigenvalue weighted by Gasteiger charge is 2.38. The Kier molecular flexibility index (Phi) is 5.25. The molecule has 1 aromatic rings. The number of aliphatic hydroxyl groups excluding tert-OH is 1. The average molecular weight is 284 g/mol. The van der Waals surface area contributed by atoms with Crippen LogP contribution in [0, 0.1) is 0 Å². The van der Waals surface area contributed by atoms with E-state index in [-0.39, 0.29) is 10.8 Å². The van der Waals surface area contributed by atoms with E-state index in [0.29, 0.717) is 12.1 Å². The van der Waals surface area contributed by atoms with Gasteiger partial charge in [-0.25, -0.2) is 0 Å². The smallest absolute Gasteiger partial charge is 0.417 e. The van der Waals surface area contributed by atoms with E-state index in [0.717, 1.165) is 0 Å². The van der Waals surface area contributed by atoms with Gasteiger partial charge in [0.2, 0.25) is 0 Å². The molecule has 0 fully saturated rings. The van der Waals surface area contributed by atoms with Gasteiger partial charge in [0.1, 0.15) is 12.4 Å². The number of rotatable bonds is 5. The average Bonchev–Trinajstić information content (AvgIpc) is 2.27. The highest BCUT2D eigenvalue weighted by molar-refractivity contribution is 6.32. The van der Waals surface area contributed by atoms with Crippen LogP contribution in [0.3, 0.4) is 0 Å². The molecular formula is C11H13ClF3NO2. The number of alkyl halides is 3. The molecule has 0 radical (unpaired) electrons. The predicted molar refractivity (Wildman–Crippen MR) is 61.8 cm³/mol. The first-order valence-corrected chi connectivity index (χ1v) is 5.53. The molecule has 0 aliphatic heterocycles. The van der Waals surface area contributed by atoms with E-state index < -0.39 is 18.9 Å². The second kappa shape index (κ2) is 6.26. The molecule has 102 valence electrons. The van der Waals surface area contributed by atoms with Crippen LogP contribution in [0.25, 0.3) is 0 Å². The van der Waals surface area contributed by atoms with Crippen LogP contribution in [-0.2, 0) is 6.54 Å². The van der Waals surface area contributed by atoms with E-state index in [1.54, 1.807) is 19.2 Å². The Morgan fingerprint density at radius 1 is 1.44 bits per heavy atom. The highest BCUT2D eigenvalue weighted by atomic mass is 35.5. The molecule has 7 heteroatoms. The lowest BCUT2D eigenvalue weighted by Crippen LogP contribution is -2.34. The van der Waals surface area contributed by atoms with Crippen LogP contribution >= 0.6 is 11.6 Å². The number of benzene rings is 1. The summed E-state index contributed by atoms with van der Waals surface area (Å²) < 4.78 is 41.3. The lowest BCUT2D eigenvalue weighted by Gasteiger charge is -2.17. The monoisotopic (exact) mass is 283 g/mol. The van der Waals surface area contributed by atoms with Gasteiger partial charge in [0.25, 0.3) is 0 Å². The molecule has 1 unspecified atom stereocenters. The molecule has 0 bridgehead atoms. The molecule has 0 saturated carbocycles. The van der Waals surface area contributed by atoms with Crippen LogP contribution < -0.4 is 10.1 Å². The number of hydrogen-bond donors (Lipinski definition) is 2. The molecule has 1 aromatic carbocycles. The lowest BCUT2D eigenvalue weighted by atomic mass is 10.2. The van der Waals surface area contributed by atoms with Gasteiger partial charge < -0.3 is 15.2 Å². The molecule has 0 aromatic heterocycles. The van der Waals surface area contributed by atoms with Crippen molar-refractivity contribution in [2.75, 3.05) is 13.7 Å². The Morgan fingerprint density at radius 3 is 2.67 bits per heavy atom. The fraction of sp³-hybridized carbons (Fsp3) is 0.455. The van der Waals surface area contributed by atoms with Gasteiger partial charge in [-0.05, 0) is 13.1 Å². The van der Waals surface area contributed by atoms with Crippen molar-refractivity contribution in [3.8, 4) is 5.75 Å². The van der Waals surface area contributed by atoms with Crippen LogP contribution in [0.1, 0.15) is 5.56 Å². The molecule has 0 saturated heterocycles. The quantitative estimate of drug-likeness (QED) is 0.872. The summed E-state index contributed by atoms with van der Waals surface area (Å²) in [4.78, 5) is 0. The fourth-order valence-electron chi connectivity index (χ4n) is 1.30. The van der Waals surface area contributed by atoms with E-state index in [1.165, 1.54) is 6.07 Å². The first kappa shape index (κ1) is 15.1. The third-order valence-corrected chi connectivity index (χ3v) is 2.48. The Bertz CT molecular complexity index is 398. The topological polar surface area (TPSA) is 41.5 Å².